The zero-order chi connectivity index (χ0) is 28.6. The van der Waals surface area contributed by atoms with Crippen LogP contribution in [-0.4, -0.2) is 75.7 Å². The van der Waals surface area contributed by atoms with E-state index >= 15 is 0 Å². The molecular weight excluding hydrogens is 548 g/mol. The van der Waals surface area contributed by atoms with Crippen LogP contribution in [0.25, 0.3) is 0 Å². The molecule has 6 atom stereocenters. The van der Waals surface area contributed by atoms with E-state index in [0.717, 1.165) is 28.6 Å². The number of thioether (sulfide) groups is 1. The first kappa shape index (κ1) is 32.3. The summed E-state index contributed by atoms with van der Waals surface area (Å²) in [4.78, 5) is 49.6. The summed E-state index contributed by atoms with van der Waals surface area (Å²) in [6.45, 7) is 6.35. The van der Waals surface area contributed by atoms with Gasteiger partial charge < -0.3 is 14.6 Å². The molecule has 216 valence electrons. The Morgan fingerprint density at radius 3 is 2.53 bits per heavy atom. The average molecular weight is 584 g/mol. The van der Waals surface area contributed by atoms with Crippen molar-refractivity contribution in [3.63, 3.8) is 0 Å². The number of nitrogens with zero attached hydrogens (tertiary/aromatic N) is 1. The number of hydrogen-bond acceptors (Lipinski definition) is 11. The second kappa shape index (κ2) is 14.5. The maximum absolute atomic E-state index is 13.8. The van der Waals surface area contributed by atoms with Crippen molar-refractivity contribution in [2.45, 2.75) is 65.2 Å². The Morgan fingerprint density at radius 2 is 1.95 bits per heavy atom. The predicted molar refractivity (Wildman–Crippen MR) is 136 cm³/mol. The molecule has 0 bridgehead atoms. The van der Waals surface area contributed by atoms with Crippen molar-refractivity contribution in [1.82, 2.24) is 14.6 Å². The Morgan fingerprint density at radius 1 is 1.26 bits per heavy atom. The fraction of sp³-hybridized carbons (Fsp3) is 0.727. The lowest BCUT2D eigenvalue weighted by Crippen LogP contribution is -2.37. The summed E-state index contributed by atoms with van der Waals surface area (Å²) < 4.78 is 49.9. The Labute approximate surface area is 223 Å². The van der Waals surface area contributed by atoms with Crippen LogP contribution < -0.4 is 16.3 Å². The zero-order valence-electron chi connectivity index (χ0n) is 21.8. The summed E-state index contributed by atoms with van der Waals surface area (Å²) in [5, 5.41) is 13.0. The molecule has 2 heterocycles. The lowest BCUT2D eigenvalue weighted by atomic mass is 10.00. The van der Waals surface area contributed by atoms with Crippen LogP contribution in [-0.2, 0) is 32.7 Å². The van der Waals surface area contributed by atoms with Gasteiger partial charge in [0.25, 0.3) is 5.56 Å². The lowest BCUT2D eigenvalue weighted by molar-refractivity contribution is -0.149. The number of aromatic amines is 1. The van der Waals surface area contributed by atoms with Crippen LogP contribution in [0.15, 0.2) is 21.9 Å². The molecule has 1 aromatic heterocycles. The lowest BCUT2D eigenvalue weighted by Gasteiger charge is -2.25. The second-order valence-corrected chi connectivity index (χ2v) is 12.0. The molecule has 1 aliphatic rings. The first-order valence-corrected chi connectivity index (χ1v) is 14.6. The Balaban J connectivity index is 2.15. The van der Waals surface area contributed by atoms with Crippen molar-refractivity contribution in [3.8, 4) is 0 Å². The summed E-state index contributed by atoms with van der Waals surface area (Å²) in [6.07, 6.45) is -3.35. The molecule has 2 rings (SSSR count). The molecule has 16 heteroatoms. The Kier molecular flexibility index (Phi) is 12.3. The molecule has 3 N–H and O–H groups in total. The number of nitrogens with one attached hydrogen (secondary N) is 2. The van der Waals surface area contributed by atoms with Crippen molar-refractivity contribution >= 4 is 30.6 Å². The topological polar surface area (TPSA) is 175 Å². The van der Waals surface area contributed by atoms with Crippen LogP contribution in [0.5, 0.6) is 0 Å². The minimum atomic E-state index is -4.25. The van der Waals surface area contributed by atoms with Gasteiger partial charge in [0, 0.05) is 29.9 Å². The zero-order valence-corrected chi connectivity index (χ0v) is 23.5. The standard InChI is InChI=1S/C22H35FN3O10PS/c1-12(2)21(30)38-9-8-33-37(32,25-14(5)20(29)35-13(3)4)34-11-16-15(10-23)18(28)19(36-16)26-7-6-17(27)24-22(26)31/h6-7,12-16,18-19,28H,8-11H2,1-5H3,(H,25,32)(H,24,27,31)/t14-,15-,16-,18-,19-,37+/m1/s1. The van der Waals surface area contributed by atoms with Gasteiger partial charge in [-0.25, -0.2) is 14.4 Å². The van der Waals surface area contributed by atoms with E-state index in [0.29, 0.717) is 0 Å². The molecule has 0 amide bonds. The molecule has 1 fully saturated rings. The van der Waals surface area contributed by atoms with E-state index in [1.807, 2.05) is 4.98 Å². The van der Waals surface area contributed by atoms with Gasteiger partial charge in [0.2, 0.25) is 0 Å². The van der Waals surface area contributed by atoms with Gasteiger partial charge in [0.1, 0.15) is 12.1 Å². The highest BCUT2D eigenvalue weighted by Crippen LogP contribution is 2.46. The maximum atomic E-state index is 13.8. The summed E-state index contributed by atoms with van der Waals surface area (Å²) in [5.41, 5.74) is -1.54. The fourth-order valence-electron chi connectivity index (χ4n) is 3.38. The quantitative estimate of drug-likeness (QED) is 0.163. The van der Waals surface area contributed by atoms with Crippen LogP contribution in [0.1, 0.15) is 40.8 Å². The highest BCUT2D eigenvalue weighted by atomic mass is 32.2. The molecule has 0 aromatic carbocycles. The smallest absolute Gasteiger partial charge is 0.406 e. The third-order valence-electron chi connectivity index (χ3n) is 5.35. The molecule has 0 saturated carbocycles. The molecule has 38 heavy (non-hydrogen) atoms. The van der Waals surface area contributed by atoms with Gasteiger partial charge in [-0.2, -0.15) is 0 Å². The summed E-state index contributed by atoms with van der Waals surface area (Å²) in [6, 6.07) is -0.0788. The molecule has 13 nitrogen and oxygen atoms in total. The molecule has 1 aromatic rings. The van der Waals surface area contributed by atoms with E-state index in [1.165, 1.54) is 6.92 Å². The second-order valence-electron chi connectivity index (χ2n) is 9.18. The van der Waals surface area contributed by atoms with Crippen molar-refractivity contribution in [3.05, 3.63) is 33.1 Å². The molecular formula is C22H35FN3O10PS. The van der Waals surface area contributed by atoms with E-state index in [9.17, 15) is 33.2 Å². The van der Waals surface area contributed by atoms with Crippen LogP contribution in [0.4, 0.5) is 4.39 Å². The first-order chi connectivity index (χ1) is 17.8. The molecule has 0 spiro atoms. The van der Waals surface area contributed by atoms with Gasteiger partial charge in [-0.05, 0) is 20.8 Å². The Hall–Kier alpha value is -1.87. The number of alkyl halides is 1. The van der Waals surface area contributed by atoms with E-state index in [1.54, 1.807) is 27.7 Å². The highest BCUT2D eigenvalue weighted by molar-refractivity contribution is 8.13. The van der Waals surface area contributed by atoms with Crippen molar-refractivity contribution in [2.75, 3.05) is 25.6 Å². The van der Waals surface area contributed by atoms with Gasteiger partial charge in [0.15, 0.2) is 11.3 Å². The van der Waals surface area contributed by atoms with Gasteiger partial charge in [0.05, 0.1) is 32.1 Å². The number of aliphatic hydroxyl groups is 1. The number of ether oxygens (including phenoxy) is 2. The number of carbonyl (C=O) groups is 2. The molecule has 0 unspecified atom stereocenters. The normalized spacial score (nSPS) is 23.9. The van der Waals surface area contributed by atoms with Gasteiger partial charge in [-0.15, -0.1) is 0 Å². The van der Waals surface area contributed by atoms with Gasteiger partial charge in [-0.1, -0.05) is 25.6 Å². The maximum Gasteiger partial charge on any atom is 0.406 e. The van der Waals surface area contributed by atoms with Crippen LogP contribution in [0, 0.1) is 11.8 Å². The Bertz CT molecular complexity index is 1110. The molecule has 1 saturated heterocycles. The van der Waals surface area contributed by atoms with Crippen molar-refractivity contribution in [2.24, 2.45) is 11.8 Å². The number of rotatable bonds is 14. The number of aliphatic hydroxyl groups excluding tert-OH is 1. The first-order valence-electron chi connectivity index (χ1n) is 12.0. The predicted octanol–water partition coefficient (Wildman–Crippen LogP) is 1.37. The summed E-state index contributed by atoms with van der Waals surface area (Å²) >= 11 is 0.982. The van der Waals surface area contributed by atoms with Gasteiger partial charge >= 0.3 is 19.4 Å². The SMILES string of the molecule is CC(C)OC(=O)[C@@H](C)N[P@](=O)(OCCSC(=O)C(C)C)OC[C@H]1O[C@@H](n2ccc(=O)[nH]c2=O)[C@H](O)[C@@H]1CF. The monoisotopic (exact) mass is 583 g/mol. The van der Waals surface area contributed by atoms with E-state index < -0.39 is 74.7 Å². The minimum Gasteiger partial charge on any atom is -0.462 e. The highest BCUT2D eigenvalue weighted by Gasteiger charge is 2.46. The van der Waals surface area contributed by atoms with Gasteiger partial charge in [-0.3, -0.25) is 37.4 Å². The summed E-state index contributed by atoms with van der Waals surface area (Å²) in [5.74, 6) is -1.95. The average Bonchev–Trinajstić information content (AvgIpc) is 3.14. The molecule has 0 aliphatic carbocycles. The van der Waals surface area contributed by atoms with Crippen LogP contribution in [0.2, 0.25) is 0 Å². The third-order valence-corrected chi connectivity index (χ3v) is 8.19. The van der Waals surface area contributed by atoms with E-state index in [-0.39, 0.29) is 23.4 Å². The fourth-order valence-corrected chi connectivity index (χ4v) is 5.68. The number of aromatic nitrogens is 2. The number of carbonyl (C=O) groups excluding carboxylic acids is 2. The third kappa shape index (κ3) is 9.11. The number of halogens is 1. The van der Waals surface area contributed by atoms with Crippen LogP contribution >= 0.6 is 19.5 Å². The number of esters is 1. The van der Waals surface area contributed by atoms with E-state index in [4.69, 9.17) is 18.5 Å². The number of hydrogen-bond donors (Lipinski definition) is 3. The van der Waals surface area contributed by atoms with Crippen molar-refractivity contribution in [1.29, 1.82) is 0 Å². The van der Waals surface area contributed by atoms with Crippen LogP contribution in [0.3, 0.4) is 0 Å². The minimum absolute atomic E-state index is 0.0890. The largest absolute Gasteiger partial charge is 0.462 e. The molecule has 0 radical (unpaired) electrons. The number of H-pyrrole nitrogens is 1. The van der Waals surface area contributed by atoms with Crippen molar-refractivity contribution < 1.29 is 42.2 Å². The summed E-state index contributed by atoms with van der Waals surface area (Å²) in [7, 11) is -4.25. The van der Waals surface area contributed by atoms with E-state index in [2.05, 4.69) is 5.09 Å². The molecule has 1 aliphatic heterocycles.